The van der Waals surface area contributed by atoms with Gasteiger partial charge in [-0.3, -0.25) is 4.79 Å². The number of fused-ring (bicyclic) bond motifs is 1. The summed E-state index contributed by atoms with van der Waals surface area (Å²) in [5.41, 5.74) is 0.291. The van der Waals surface area contributed by atoms with E-state index >= 15 is 0 Å². The molecule has 1 unspecified atom stereocenters. The Hall–Kier alpha value is -1.90. The van der Waals surface area contributed by atoms with Gasteiger partial charge in [0, 0.05) is 5.92 Å². The zero-order chi connectivity index (χ0) is 16.1. The molecule has 122 valence electrons. The molecule has 0 spiro atoms. The second-order valence-electron chi connectivity index (χ2n) is 6.50. The van der Waals surface area contributed by atoms with Gasteiger partial charge in [0.05, 0.1) is 5.69 Å². The molecule has 0 aliphatic heterocycles. The summed E-state index contributed by atoms with van der Waals surface area (Å²) in [4.78, 5) is 12.5. The molecule has 1 aromatic rings. The van der Waals surface area contributed by atoms with E-state index in [0.29, 0.717) is 17.5 Å². The Morgan fingerprint density at radius 2 is 1.48 bits per heavy atom. The molecule has 1 amide bonds. The molecule has 1 aromatic carbocycles. The van der Waals surface area contributed by atoms with E-state index in [1.165, 1.54) is 6.07 Å². The molecule has 0 aromatic heterocycles. The third-order valence-corrected chi connectivity index (χ3v) is 4.93. The van der Waals surface area contributed by atoms with Crippen molar-refractivity contribution in [2.75, 3.05) is 5.32 Å². The summed E-state index contributed by atoms with van der Waals surface area (Å²) < 4.78 is 13.7. The number of benzene rings is 1. The van der Waals surface area contributed by atoms with E-state index in [2.05, 4.69) is 29.6 Å². The Kier molecular flexibility index (Phi) is 5.27. The standard InChI is InChI=1S/C20H24FNO/c21-17-13-9-10-14-18(17)22-20(23)19-15-11-7-5-3-1-2-4-6-8-12-16(15)19/h3-6,9-10,13-16,19H,1-2,7-8,11-12H2,(H,22,23)/b5-3-,6-4+/t15-,16+,19?/m1/s1. The van der Waals surface area contributed by atoms with Gasteiger partial charge in [-0.2, -0.15) is 0 Å². The first kappa shape index (κ1) is 16.0. The average molecular weight is 313 g/mol. The van der Waals surface area contributed by atoms with Gasteiger partial charge in [0.25, 0.3) is 0 Å². The minimum Gasteiger partial charge on any atom is -0.323 e. The number of para-hydroxylation sites is 1. The van der Waals surface area contributed by atoms with E-state index in [1.54, 1.807) is 18.2 Å². The third kappa shape index (κ3) is 4.10. The Bertz CT molecular complexity index is 583. The van der Waals surface area contributed by atoms with Crippen molar-refractivity contribution in [2.45, 2.75) is 38.5 Å². The topological polar surface area (TPSA) is 29.1 Å². The summed E-state index contributed by atoms with van der Waals surface area (Å²) in [5, 5.41) is 2.78. The molecule has 0 saturated heterocycles. The predicted octanol–water partition coefficient (Wildman–Crippen LogP) is 5.09. The van der Waals surface area contributed by atoms with Gasteiger partial charge in [-0.25, -0.2) is 4.39 Å². The van der Waals surface area contributed by atoms with Crippen LogP contribution in [-0.2, 0) is 4.79 Å². The van der Waals surface area contributed by atoms with E-state index in [-0.39, 0.29) is 17.6 Å². The van der Waals surface area contributed by atoms with Crippen molar-refractivity contribution >= 4 is 11.6 Å². The molecule has 1 N–H and O–H groups in total. The van der Waals surface area contributed by atoms with E-state index < -0.39 is 0 Å². The third-order valence-electron chi connectivity index (χ3n) is 4.93. The molecule has 3 rings (SSSR count). The van der Waals surface area contributed by atoms with Crippen molar-refractivity contribution in [2.24, 2.45) is 17.8 Å². The average Bonchev–Trinajstić information content (AvgIpc) is 3.22. The van der Waals surface area contributed by atoms with Crippen LogP contribution in [-0.4, -0.2) is 5.91 Å². The first-order chi connectivity index (χ1) is 11.3. The van der Waals surface area contributed by atoms with Gasteiger partial charge in [0.1, 0.15) is 5.82 Å². The highest BCUT2D eigenvalue weighted by Gasteiger charge is 2.52. The van der Waals surface area contributed by atoms with Crippen LogP contribution in [0.2, 0.25) is 0 Å². The number of carbonyl (C=O) groups excluding carboxylic acids is 1. The van der Waals surface area contributed by atoms with Crippen LogP contribution in [0, 0.1) is 23.6 Å². The van der Waals surface area contributed by atoms with Gasteiger partial charge in [-0.15, -0.1) is 0 Å². The van der Waals surface area contributed by atoms with Crippen LogP contribution in [0.1, 0.15) is 38.5 Å². The number of allylic oxidation sites excluding steroid dienone is 4. The summed E-state index contributed by atoms with van der Waals surface area (Å²) in [6, 6.07) is 6.37. The number of rotatable bonds is 2. The molecule has 3 heteroatoms. The molecule has 2 aliphatic rings. The summed E-state index contributed by atoms with van der Waals surface area (Å²) in [6.07, 6.45) is 15.3. The Morgan fingerprint density at radius 3 is 2.09 bits per heavy atom. The normalized spacial score (nSPS) is 30.2. The van der Waals surface area contributed by atoms with Crippen LogP contribution in [0.3, 0.4) is 0 Å². The van der Waals surface area contributed by atoms with Crippen molar-refractivity contribution in [3.8, 4) is 0 Å². The van der Waals surface area contributed by atoms with E-state index in [9.17, 15) is 9.18 Å². The molecule has 3 atom stereocenters. The summed E-state index contributed by atoms with van der Waals surface area (Å²) in [5.74, 6) is 0.537. The second kappa shape index (κ2) is 7.58. The largest absolute Gasteiger partial charge is 0.323 e. The highest BCUT2D eigenvalue weighted by molar-refractivity contribution is 5.95. The van der Waals surface area contributed by atoms with Gasteiger partial charge in [-0.05, 0) is 62.5 Å². The summed E-state index contributed by atoms with van der Waals surface area (Å²) >= 11 is 0. The van der Waals surface area contributed by atoms with Gasteiger partial charge >= 0.3 is 0 Å². The van der Waals surface area contributed by atoms with Crippen LogP contribution >= 0.6 is 0 Å². The molecule has 2 nitrogen and oxygen atoms in total. The van der Waals surface area contributed by atoms with Gasteiger partial charge in [0.15, 0.2) is 0 Å². The molecular formula is C20H24FNO. The summed E-state index contributed by atoms with van der Waals surface area (Å²) in [6.45, 7) is 0. The number of hydrogen-bond acceptors (Lipinski definition) is 1. The lowest BCUT2D eigenvalue weighted by Gasteiger charge is -2.05. The second-order valence-corrected chi connectivity index (χ2v) is 6.50. The number of halogens is 1. The lowest BCUT2D eigenvalue weighted by molar-refractivity contribution is -0.117. The number of anilines is 1. The van der Waals surface area contributed by atoms with Crippen LogP contribution in [0.4, 0.5) is 10.1 Å². The first-order valence-electron chi connectivity index (χ1n) is 8.63. The van der Waals surface area contributed by atoms with Gasteiger partial charge < -0.3 is 5.32 Å². The number of amides is 1. The van der Waals surface area contributed by atoms with Crippen LogP contribution in [0.15, 0.2) is 48.6 Å². The minimum atomic E-state index is -0.369. The van der Waals surface area contributed by atoms with E-state index in [0.717, 1.165) is 38.5 Å². The lowest BCUT2D eigenvalue weighted by atomic mass is 10.1. The highest BCUT2D eigenvalue weighted by Crippen LogP contribution is 2.52. The number of hydrogen-bond donors (Lipinski definition) is 1. The lowest BCUT2D eigenvalue weighted by Crippen LogP contribution is -2.16. The molecule has 0 bridgehead atoms. The van der Waals surface area contributed by atoms with Crippen LogP contribution < -0.4 is 5.32 Å². The molecule has 0 radical (unpaired) electrons. The maximum Gasteiger partial charge on any atom is 0.228 e. The molecule has 2 aliphatic carbocycles. The number of carbonyl (C=O) groups is 1. The zero-order valence-electron chi connectivity index (χ0n) is 13.4. The minimum absolute atomic E-state index is 0.0204. The first-order valence-corrected chi connectivity index (χ1v) is 8.63. The Labute approximate surface area is 137 Å². The van der Waals surface area contributed by atoms with Crippen LogP contribution in [0.5, 0.6) is 0 Å². The van der Waals surface area contributed by atoms with Crippen molar-refractivity contribution in [3.63, 3.8) is 0 Å². The summed E-state index contributed by atoms with van der Waals surface area (Å²) in [7, 11) is 0. The molecule has 0 heterocycles. The number of nitrogens with one attached hydrogen (secondary N) is 1. The fraction of sp³-hybridized carbons (Fsp3) is 0.450. The quantitative estimate of drug-likeness (QED) is 0.757. The molecule has 1 fully saturated rings. The zero-order valence-corrected chi connectivity index (χ0v) is 13.4. The molecular weight excluding hydrogens is 289 g/mol. The fourth-order valence-corrected chi connectivity index (χ4v) is 3.64. The maximum absolute atomic E-state index is 13.7. The monoisotopic (exact) mass is 313 g/mol. The molecule has 23 heavy (non-hydrogen) atoms. The van der Waals surface area contributed by atoms with Crippen molar-refractivity contribution in [3.05, 3.63) is 54.4 Å². The van der Waals surface area contributed by atoms with E-state index in [1.807, 2.05) is 0 Å². The van der Waals surface area contributed by atoms with E-state index in [4.69, 9.17) is 0 Å². The molecule has 1 saturated carbocycles. The van der Waals surface area contributed by atoms with Crippen molar-refractivity contribution < 1.29 is 9.18 Å². The van der Waals surface area contributed by atoms with Crippen molar-refractivity contribution in [1.82, 2.24) is 0 Å². The smallest absolute Gasteiger partial charge is 0.228 e. The SMILES string of the molecule is O=C(Nc1ccccc1F)C1[C@H]2CC/C=C/CC/C=C\CC[C@@H]12. The van der Waals surface area contributed by atoms with Crippen molar-refractivity contribution in [1.29, 1.82) is 0 Å². The predicted molar refractivity (Wildman–Crippen MR) is 91.5 cm³/mol. The maximum atomic E-state index is 13.7. The highest BCUT2D eigenvalue weighted by atomic mass is 19.1. The van der Waals surface area contributed by atoms with Gasteiger partial charge in [-0.1, -0.05) is 36.4 Å². The van der Waals surface area contributed by atoms with Crippen LogP contribution in [0.25, 0.3) is 0 Å². The fourth-order valence-electron chi connectivity index (χ4n) is 3.64. The Balaban J connectivity index is 1.63. The Morgan fingerprint density at radius 1 is 0.913 bits per heavy atom. The van der Waals surface area contributed by atoms with Gasteiger partial charge in [0.2, 0.25) is 5.91 Å².